The molecule has 1 heterocycles. The van der Waals surface area contributed by atoms with E-state index in [-0.39, 0.29) is 17.4 Å². The largest absolute Gasteiger partial charge is 0.595 e. The number of hydrogen-bond donors (Lipinski definition) is 2. The molecule has 6 nitrogen and oxygen atoms in total. The van der Waals surface area contributed by atoms with Gasteiger partial charge in [-0.3, -0.25) is 4.79 Å². The number of thioether (sulfide) groups is 1. The molecule has 1 aromatic rings. The Bertz CT molecular complexity index is 387. The number of carbonyl (C=O) groups excluding carboxylic acids is 1. The lowest BCUT2D eigenvalue weighted by atomic mass is 10.4. The molecule has 1 aromatic heterocycles. The van der Waals surface area contributed by atoms with Crippen molar-refractivity contribution in [3.63, 3.8) is 0 Å². The summed E-state index contributed by atoms with van der Waals surface area (Å²) in [5, 5.41) is 19.1. The van der Waals surface area contributed by atoms with Crippen LogP contribution >= 0.6 is 11.8 Å². The van der Waals surface area contributed by atoms with Crippen LogP contribution in [0.1, 0.15) is 19.8 Å². The minimum Gasteiger partial charge on any atom is -0.595 e. The van der Waals surface area contributed by atoms with Crippen LogP contribution in [0.4, 0.5) is 5.69 Å². The van der Waals surface area contributed by atoms with Gasteiger partial charge in [-0.25, -0.2) is 10.2 Å². The number of unbranched alkanes of at least 4 members (excludes halogenated alkanes) is 1. The number of esters is 1. The minimum atomic E-state index is -1.05. The highest BCUT2D eigenvalue weighted by atomic mass is 32.2. The lowest BCUT2D eigenvalue weighted by Crippen LogP contribution is -2.99. The number of carbonyl (C=O) groups is 1. The van der Waals surface area contributed by atoms with Crippen LogP contribution in [0.15, 0.2) is 23.4 Å². The molecule has 18 heavy (non-hydrogen) atoms. The van der Waals surface area contributed by atoms with Gasteiger partial charge in [0.1, 0.15) is 0 Å². The molecule has 0 bridgehead atoms. The summed E-state index contributed by atoms with van der Waals surface area (Å²) in [7, 11) is 0. The Labute approximate surface area is 109 Å². The number of quaternary nitrogens is 1. The van der Waals surface area contributed by atoms with Gasteiger partial charge in [-0.05, 0) is 12.5 Å². The lowest BCUT2D eigenvalue weighted by molar-refractivity contribution is -0.992. The van der Waals surface area contributed by atoms with Crippen molar-refractivity contribution in [2.45, 2.75) is 24.8 Å². The van der Waals surface area contributed by atoms with Crippen molar-refractivity contribution in [3.05, 3.63) is 23.5 Å². The summed E-state index contributed by atoms with van der Waals surface area (Å²) in [6.07, 6.45) is 3.29. The van der Waals surface area contributed by atoms with Crippen LogP contribution in [0.2, 0.25) is 0 Å². The monoisotopic (exact) mass is 272 g/mol. The van der Waals surface area contributed by atoms with E-state index in [1.165, 1.54) is 12.3 Å². The van der Waals surface area contributed by atoms with E-state index >= 15 is 0 Å². The van der Waals surface area contributed by atoms with Crippen molar-refractivity contribution in [1.82, 2.24) is 4.98 Å². The molecule has 0 saturated heterocycles. The average molecular weight is 272 g/mol. The standard InChI is InChI=1S/C11H16N2O4S/c1-2-3-7-17-10(14)8-18-11-9(13(15)16)5-4-6-12-11/h4-6,13,15H,2-3,7-8H2,1H3. The molecule has 1 rings (SSSR count). The third-order valence-electron chi connectivity index (χ3n) is 2.09. The van der Waals surface area contributed by atoms with E-state index in [2.05, 4.69) is 4.98 Å². The third kappa shape index (κ3) is 5.01. The SMILES string of the molecule is CCCCOC(=O)CSc1ncccc1[NH+]([O-])O. The van der Waals surface area contributed by atoms with Crippen LogP contribution < -0.4 is 5.23 Å². The highest BCUT2D eigenvalue weighted by molar-refractivity contribution is 8.00. The smallest absolute Gasteiger partial charge is 0.316 e. The van der Waals surface area contributed by atoms with E-state index in [0.29, 0.717) is 11.6 Å². The summed E-state index contributed by atoms with van der Waals surface area (Å²) in [6.45, 7) is 2.42. The van der Waals surface area contributed by atoms with E-state index in [0.717, 1.165) is 24.6 Å². The number of pyridine rings is 1. The van der Waals surface area contributed by atoms with Gasteiger partial charge in [-0.2, -0.15) is 5.23 Å². The second-order valence-corrected chi connectivity index (χ2v) is 4.49. The minimum absolute atomic E-state index is 0.0704. The molecule has 1 atom stereocenters. The molecule has 0 aliphatic rings. The van der Waals surface area contributed by atoms with Gasteiger partial charge < -0.3 is 9.94 Å². The van der Waals surface area contributed by atoms with E-state index in [1.807, 2.05) is 6.92 Å². The van der Waals surface area contributed by atoms with Gasteiger partial charge in [-0.1, -0.05) is 25.1 Å². The summed E-state index contributed by atoms with van der Waals surface area (Å²) >= 11 is 1.08. The molecule has 100 valence electrons. The Kier molecular flexibility index (Phi) is 6.66. The van der Waals surface area contributed by atoms with Crippen LogP contribution in [-0.2, 0) is 9.53 Å². The number of ether oxygens (including phenoxy) is 1. The molecular weight excluding hydrogens is 256 g/mol. The van der Waals surface area contributed by atoms with Crippen LogP contribution in [0.25, 0.3) is 0 Å². The molecule has 0 fully saturated rings. The predicted octanol–water partition coefficient (Wildman–Crippen LogP) is 0.920. The Balaban J connectivity index is 2.45. The van der Waals surface area contributed by atoms with E-state index < -0.39 is 5.23 Å². The molecule has 0 aromatic carbocycles. The first-order chi connectivity index (χ1) is 8.65. The first-order valence-electron chi connectivity index (χ1n) is 5.62. The van der Waals surface area contributed by atoms with Crippen molar-refractivity contribution in [1.29, 1.82) is 0 Å². The Hall–Kier alpha value is -1.15. The van der Waals surface area contributed by atoms with Crippen LogP contribution in [-0.4, -0.2) is 28.5 Å². The van der Waals surface area contributed by atoms with Gasteiger partial charge in [0.25, 0.3) is 0 Å². The zero-order valence-corrected chi connectivity index (χ0v) is 10.9. The second kappa shape index (κ2) is 8.04. The molecule has 2 N–H and O–H groups in total. The average Bonchev–Trinajstić information content (AvgIpc) is 2.37. The molecule has 0 aliphatic heterocycles. The number of aromatic nitrogens is 1. The summed E-state index contributed by atoms with van der Waals surface area (Å²) in [5.41, 5.74) is 0.101. The van der Waals surface area contributed by atoms with Gasteiger partial charge in [0.15, 0.2) is 10.7 Å². The predicted molar refractivity (Wildman–Crippen MR) is 66.6 cm³/mol. The Morgan fingerprint density at radius 2 is 2.44 bits per heavy atom. The third-order valence-corrected chi connectivity index (χ3v) is 3.07. The van der Waals surface area contributed by atoms with Crippen molar-refractivity contribution in [2.75, 3.05) is 12.4 Å². The van der Waals surface area contributed by atoms with Gasteiger partial charge >= 0.3 is 5.97 Å². The number of nitrogens with one attached hydrogen (secondary N) is 1. The molecule has 1 unspecified atom stereocenters. The van der Waals surface area contributed by atoms with Gasteiger partial charge in [0.05, 0.1) is 12.4 Å². The van der Waals surface area contributed by atoms with E-state index in [4.69, 9.17) is 9.94 Å². The fraction of sp³-hybridized carbons (Fsp3) is 0.455. The molecular formula is C11H16N2O4S. The highest BCUT2D eigenvalue weighted by Crippen LogP contribution is 2.21. The molecule has 0 saturated carbocycles. The maximum absolute atomic E-state index is 11.4. The van der Waals surface area contributed by atoms with Gasteiger partial charge in [0, 0.05) is 12.3 Å². The zero-order chi connectivity index (χ0) is 13.4. The number of hydrogen-bond acceptors (Lipinski definition) is 6. The first-order valence-corrected chi connectivity index (χ1v) is 6.60. The molecule has 0 spiro atoms. The van der Waals surface area contributed by atoms with E-state index in [1.54, 1.807) is 6.07 Å². The fourth-order valence-corrected chi connectivity index (χ4v) is 1.95. The normalized spacial score (nSPS) is 12.2. The zero-order valence-electron chi connectivity index (χ0n) is 10.1. The number of nitrogens with zero attached hydrogens (tertiary/aromatic N) is 1. The topological polar surface area (TPSA) is 86.9 Å². The van der Waals surface area contributed by atoms with Gasteiger partial charge in [0.2, 0.25) is 0 Å². The van der Waals surface area contributed by atoms with Crippen molar-refractivity contribution < 1.29 is 20.0 Å². The molecule has 0 radical (unpaired) electrons. The van der Waals surface area contributed by atoms with Crippen LogP contribution in [0.3, 0.4) is 0 Å². The summed E-state index contributed by atoms with van der Waals surface area (Å²) in [5.74, 6) is -0.281. The lowest BCUT2D eigenvalue weighted by Gasteiger charge is -2.13. The first kappa shape index (κ1) is 14.9. The van der Waals surface area contributed by atoms with Crippen molar-refractivity contribution in [3.8, 4) is 0 Å². The fourth-order valence-electron chi connectivity index (χ4n) is 1.17. The maximum Gasteiger partial charge on any atom is 0.316 e. The molecule has 0 aliphatic carbocycles. The Morgan fingerprint density at radius 3 is 3.11 bits per heavy atom. The molecule has 7 heteroatoms. The number of rotatable bonds is 7. The summed E-state index contributed by atoms with van der Waals surface area (Å²) in [4.78, 5) is 15.3. The molecule has 0 amide bonds. The van der Waals surface area contributed by atoms with Gasteiger partial charge in [-0.15, -0.1) is 0 Å². The maximum atomic E-state index is 11.4. The van der Waals surface area contributed by atoms with Crippen molar-refractivity contribution in [2.24, 2.45) is 0 Å². The van der Waals surface area contributed by atoms with Crippen LogP contribution in [0, 0.1) is 5.21 Å². The van der Waals surface area contributed by atoms with Crippen LogP contribution in [0.5, 0.6) is 0 Å². The second-order valence-electron chi connectivity index (χ2n) is 3.52. The van der Waals surface area contributed by atoms with E-state index in [9.17, 15) is 10.0 Å². The quantitative estimate of drug-likeness (QED) is 0.332. The van der Waals surface area contributed by atoms with Crippen molar-refractivity contribution >= 4 is 23.4 Å². The summed E-state index contributed by atoms with van der Waals surface area (Å²) in [6, 6.07) is 3.01. The Morgan fingerprint density at radius 1 is 1.67 bits per heavy atom. The summed E-state index contributed by atoms with van der Waals surface area (Å²) < 4.78 is 4.97. The highest BCUT2D eigenvalue weighted by Gasteiger charge is 2.12.